The summed E-state index contributed by atoms with van der Waals surface area (Å²) in [7, 11) is 0. The lowest BCUT2D eigenvalue weighted by molar-refractivity contribution is -0.120. The van der Waals surface area contributed by atoms with Crippen molar-refractivity contribution in [3.63, 3.8) is 0 Å². The second-order valence-corrected chi connectivity index (χ2v) is 6.13. The lowest BCUT2D eigenvalue weighted by Gasteiger charge is -2.16. The number of carbonyl (C=O) groups excluding carboxylic acids is 1. The van der Waals surface area contributed by atoms with Gasteiger partial charge in [0.25, 0.3) is 0 Å². The van der Waals surface area contributed by atoms with Gasteiger partial charge in [0.15, 0.2) is 0 Å². The van der Waals surface area contributed by atoms with Crippen molar-refractivity contribution in [1.82, 2.24) is 4.98 Å². The van der Waals surface area contributed by atoms with Gasteiger partial charge in [-0.1, -0.05) is 43.7 Å². The number of Topliss-reactive ketones (excluding diaryl/α,β-unsaturated/α-hetero) is 1. The first-order chi connectivity index (χ1) is 11.7. The number of ketones is 1. The van der Waals surface area contributed by atoms with E-state index in [0.717, 1.165) is 34.7 Å². The van der Waals surface area contributed by atoms with Crippen molar-refractivity contribution in [3.8, 4) is 5.75 Å². The van der Waals surface area contributed by atoms with Crippen LogP contribution in [0.3, 0.4) is 0 Å². The van der Waals surface area contributed by atoms with Gasteiger partial charge >= 0.3 is 0 Å². The molecule has 0 aliphatic rings. The summed E-state index contributed by atoms with van der Waals surface area (Å²) in [5.74, 6) is 0.323. The number of nitrogens with zero attached hydrogens (tertiary/aromatic N) is 1. The minimum absolute atomic E-state index is 0.122. The number of benzene rings is 2. The fourth-order valence-electron chi connectivity index (χ4n) is 3.08. The standard InChI is InChI=1S/C21H21NO2/c1-2-3-20(16-6-8-19(23)9-7-16)21(24)13-15-4-5-18-14-22-11-10-17(18)12-15/h4-12,14,20,23H,2-3,13H2,1H3. The number of pyridine rings is 1. The zero-order valence-corrected chi connectivity index (χ0v) is 13.8. The van der Waals surface area contributed by atoms with E-state index in [1.54, 1.807) is 18.3 Å². The third kappa shape index (κ3) is 3.62. The number of fused-ring (bicyclic) bond motifs is 1. The van der Waals surface area contributed by atoms with Crippen LogP contribution in [-0.2, 0) is 11.2 Å². The zero-order chi connectivity index (χ0) is 16.9. The molecule has 3 heteroatoms. The number of phenolic OH excluding ortho intramolecular Hbond substituents is 1. The molecule has 1 N–H and O–H groups in total. The minimum atomic E-state index is -0.122. The second-order valence-electron chi connectivity index (χ2n) is 6.13. The van der Waals surface area contributed by atoms with E-state index in [2.05, 4.69) is 18.0 Å². The van der Waals surface area contributed by atoms with Gasteiger partial charge in [-0.3, -0.25) is 9.78 Å². The molecule has 3 aromatic rings. The summed E-state index contributed by atoms with van der Waals surface area (Å²) in [6.45, 7) is 2.09. The van der Waals surface area contributed by atoms with Crippen molar-refractivity contribution < 1.29 is 9.90 Å². The number of rotatable bonds is 6. The molecule has 0 amide bonds. The highest BCUT2D eigenvalue weighted by atomic mass is 16.3. The van der Waals surface area contributed by atoms with Crippen LogP contribution in [0, 0.1) is 0 Å². The Labute approximate surface area is 142 Å². The molecule has 0 saturated heterocycles. The van der Waals surface area contributed by atoms with Crippen LogP contribution in [0.2, 0.25) is 0 Å². The predicted molar refractivity (Wildman–Crippen MR) is 96.2 cm³/mol. The van der Waals surface area contributed by atoms with Crippen LogP contribution in [0.5, 0.6) is 5.75 Å². The fraction of sp³-hybridized carbons (Fsp3) is 0.238. The first-order valence-electron chi connectivity index (χ1n) is 8.31. The molecule has 24 heavy (non-hydrogen) atoms. The van der Waals surface area contributed by atoms with Gasteiger partial charge in [-0.15, -0.1) is 0 Å². The molecule has 1 atom stereocenters. The monoisotopic (exact) mass is 319 g/mol. The maximum absolute atomic E-state index is 12.8. The molecule has 2 aromatic carbocycles. The highest BCUT2D eigenvalue weighted by Crippen LogP contribution is 2.26. The third-order valence-corrected chi connectivity index (χ3v) is 4.34. The average molecular weight is 319 g/mol. The molecular weight excluding hydrogens is 298 g/mol. The van der Waals surface area contributed by atoms with Crippen LogP contribution >= 0.6 is 0 Å². The zero-order valence-electron chi connectivity index (χ0n) is 13.8. The molecule has 0 radical (unpaired) electrons. The van der Waals surface area contributed by atoms with Gasteiger partial charge in [-0.05, 0) is 41.1 Å². The molecule has 0 saturated carbocycles. The molecule has 0 fully saturated rings. The van der Waals surface area contributed by atoms with Crippen LogP contribution < -0.4 is 0 Å². The summed E-state index contributed by atoms with van der Waals surface area (Å²) >= 11 is 0. The molecule has 3 rings (SSSR count). The van der Waals surface area contributed by atoms with E-state index in [9.17, 15) is 9.90 Å². The Bertz CT molecular complexity index is 840. The third-order valence-electron chi connectivity index (χ3n) is 4.34. The fourth-order valence-corrected chi connectivity index (χ4v) is 3.08. The van der Waals surface area contributed by atoms with Crippen LogP contribution in [-0.4, -0.2) is 15.9 Å². The van der Waals surface area contributed by atoms with Crippen LogP contribution in [0.25, 0.3) is 10.8 Å². The number of hydrogen-bond donors (Lipinski definition) is 1. The van der Waals surface area contributed by atoms with Crippen molar-refractivity contribution in [1.29, 1.82) is 0 Å². The summed E-state index contributed by atoms with van der Waals surface area (Å²) in [5.41, 5.74) is 2.00. The number of phenols is 1. The molecule has 122 valence electrons. The van der Waals surface area contributed by atoms with Crippen molar-refractivity contribution in [2.45, 2.75) is 32.1 Å². The molecule has 1 aromatic heterocycles. The molecule has 3 nitrogen and oxygen atoms in total. The van der Waals surface area contributed by atoms with Crippen molar-refractivity contribution in [3.05, 3.63) is 72.1 Å². The minimum Gasteiger partial charge on any atom is -0.508 e. The topological polar surface area (TPSA) is 50.2 Å². The predicted octanol–water partition coefficient (Wildman–Crippen LogP) is 4.64. The maximum Gasteiger partial charge on any atom is 0.144 e. The smallest absolute Gasteiger partial charge is 0.144 e. The van der Waals surface area contributed by atoms with Crippen molar-refractivity contribution >= 4 is 16.6 Å². The Balaban J connectivity index is 1.82. The van der Waals surface area contributed by atoms with Gasteiger partial charge in [0.2, 0.25) is 0 Å². The SMILES string of the molecule is CCCC(C(=O)Cc1ccc2cnccc2c1)c1ccc(O)cc1. The Morgan fingerprint density at radius 3 is 2.62 bits per heavy atom. The summed E-state index contributed by atoms with van der Waals surface area (Å²) in [6, 6.07) is 15.0. The Hall–Kier alpha value is -2.68. The molecule has 1 unspecified atom stereocenters. The van der Waals surface area contributed by atoms with Crippen molar-refractivity contribution in [2.24, 2.45) is 0 Å². The molecule has 0 spiro atoms. The second kappa shape index (κ2) is 7.26. The molecular formula is C21H21NO2. The maximum atomic E-state index is 12.8. The summed E-state index contributed by atoms with van der Waals surface area (Å²) in [5, 5.41) is 11.6. The molecule has 0 bridgehead atoms. The van der Waals surface area contributed by atoms with Crippen LogP contribution in [0.1, 0.15) is 36.8 Å². The van der Waals surface area contributed by atoms with E-state index in [1.807, 2.05) is 36.5 Å². The number of aromatic hydroxyl groups is 1. The van der Waals surface area contributed by atoms with Gasteiger partial charge < -0.3 is 5.11 Å². The van der Waals surface area contributed by atoms with E-state index in [-0.39, 0.29) is 17.5 Å². The summed E-state index contributed by atoms with van der Waals surface area (Å²) < 4.78 is 0. The first-order valence-corrected chi connectivity index (χ1v) is 8.31. The van der Waals surface area contributed by atoms with Gasteiger partial charge in [0.05, 0.1) is 0 Å². The Kier molecular flexibility index (Phi) is 4.90. The van der Waals surface area contributed by atoms with E-state index >= 15 is 0 Å². The Morgan fingerprint density at radius 2 is 1.88 bits per heavy atom. The van der Waals surface area contributed by atoms with Gasteiger partial charge in [0, 0.05) is 30.1 Å². The summed E-state index contributed by atoms with van der Waals surface area (Å²) in [4.78, 5) is 17.0. The van der Waals surface area contributed by atoms with E-state index in [0.29, 0.717) is 6.42 Å². The van der Waals surface area contributed by atoms with Crippen LogP contribution in [0.4, 0.5) is 0 Å². The Morgan fingerprint density at radius 1 is 1.08 bits per heavy atom. The largest absolute Gasteiger partial charge is 0.508 e. The van der Waals surface area contributed by atoms with Crippen molar-refractivity contribution in [2.75, 3.05) is 0 Å². The molecule has 0 aliphatic heterocycles. The van der Waals surface area contributed by atoms with E-state index in [4.69, 9.17) is 0 Å². The normalized spacial score (nSPS) is 12.2. The lowest BCUT2D eigenvalue weighted by atomic mass is 9.87. The number of hydrogen-bond acceptors (Lipinski definition) is 3. The molecule has 0 aliphatic carbocycles. The summed E-state index contributed by atoms with van der Waals surface area (Å²) in [6.07, 6.45) is 5.78. The lowest BCUT2D eigenvalue weighted by Crippen LogP contribution is -2.15. The first kappa shape index (κ1) is 16.2. The van der Waals surface area contributed by atoms with E-state index < -0.39 is 0 Å². The van der Waals surface area contributed by atoms with Gasteiger partial charge in [-0.25, -0.2) is 0 Å². The quantitative estimate of drug-likeness (QED) is 0.720. The van der Waals surface area contributed by atoms with Gasteiger partial charge in [0.1, 0.15) is 11.5 Å². The highest BCUT2D eigenvalue weighted by molar-refractivity contribution is 5.89. The highest BCUT2D eigenvalue weighted by Gasteiger charge is 2.20. The average Bonchev–Trinajstić information content (AvgIpc) is 2.60. The molecule has 1 heterocycles. The van der Waals surface area contributed by atoms with Gasteiger partial charge in [-0.2, -0.15) is 0 Å². The number of aromatic nitrogens is 1. The van der Waals surface area contributed by atoms with Crippen LogP contribution in [0.15, 0.2) is 60.9 Å². The number of carbonyl (C=O) groups is 1. The van der Waals surface area contributed by atoms with E-state index in [1.165, 1.54) is 0 Å².